The lowest BCUT2D eigenvalue weighted by Gasteiger charge is -2.16. The zero-order valence-electron chi connectivity index (χ0n) is 22.9. The molecule has 0 bridgehead atoms. The minimum absolute atomic E-state index is 0.252. The van der Waals surface area contributed by atoms with Gasteiger partial charge in [-0.3, -0.25) is 20.4 Å². The second-order valence-corrected chi connectivity index (χ2v) is 8.32. The van der Waals surface area contributed by atoms with Gasteiger partial charge in [-0.2, -0.15) is 26.3 Å². The number of carbonyl (C=O) groups excluding carboxylic acids is 4. The maximum Gasteiger partial charge on any atom is 0.472 e. The van der Waals surface area contributed by atoms with Crippen molar-refractivity contribution < 1.29 is 55.0 Å². The van der Waals surface area contributed by atoms with Crippen molar-refractivity contribution in [2.24, 2.45) is 0 Å². The Bertz CT molecular complexity index is 1090. The number of alkyl halides is 6. The van der Waals surface area contributed by atoms with Crippen molar-refractivity contribution in [3.63, 3.8) is 0 Å². The van der Waals surface area contributed by atoms with Crippen molar-refractivity contribution in [1.29, 1.82) is 0 Å². The quantitative estimate of drug-likeness (QED) is 0.179. The van der Waals surface area contributed by atoms with E-state index in [2.05, 4.69) is 10.9 Å². The van der Waals surface area contributed by atoms with Crippen molar-refractivity contribution in [2.45, 2.75) is 52.1 Å². The minimum atomic E-state index is -4.94. The Balaban J connectivity index is 0.000000420. The fourth-order valence-electron chi connectivity index (χ4n) is 2.90. The molecule has 0 saturated carbocycles. The second-order valence-electron chi connectivity index (χ2n) is 8.32. The zero-order valence-corrected chi connectivity index (χ0v) is 22.9. The fourth-order valence-corrected chi connectivity index (χ4v) is 2.90. The van der Waals surface area contributed by atoms with Gasteiger partial charge in [0, 0.05) is 12.1 Å². The van der Waals surface area contributed by atoms with Crippen LogP contribution >= 0.6 is 0 Å². The van der Waals surface area contributed by atoms with Crippen LogP contribution in [0.1, 0.15) is 71.6 Å². The van der Waals surface area contributed by atoms with E-state index in [-0.39, 0.29) is 13.2 Å². The SMILES string of the molecule is CCOC(=O)c1ccc([C@@H](C)NNC(=O)C(F)(F)F)cc1.CCOC(=O)c1ccc([C@H](C)NNC(=O)C(F)(F)F)cc1. The number of nitrogens with one attached hydrogen (secondary N) is 4. The summed E-state index contributed by atoms with van der Waals surface area (Å²) in [4.78, 5) is 44.2. The van der Waals surface area contributed by atoms with Crippen LogP contribution in [0, 0.1) is 0 Å². The average Bonchev–Trinajstić information content (AvgIpc) is 2.94. The van der Waals surface area contributed by atoms with E-state index in [0.29, 0.717) is 22.3 Å². The van der Waals surface area contributed by atoms with Crippen LogP contribution in [0.5, 0.6) is 0 Å². The maximum absolute atomic E-state index is 12.0. The Labute approximate surface area is 237 Å². The molecule has 0 heterocycles. The Hall–Kier alpha value is -4.18. The number of esters is 2. The minimum Gasteiger partial charge on any atom is -0.462 e. The van der Waals surface area contributed by atoms with Crippen LogP contribution in [0.2, 0.25) is 0 Å². The van der Waals surface area contributed by atoms with Crippen molar-refractivity contribution in [3.8, 4) is 0 Å². The first-order valence-corrected chi connectivity index (χ1v) is 12.3. The van der Waals surface area contributed by atoms with E-state index in [1.807, 2.05) is 0 Å². The van der Waals surface area contributed by atoms with Gasteiger partial charge in [0.15, 0.2) is 0 Å². The number of hydrogen-bond donors (Lipinski definition) is 4. The van der Waals surface area contributed by atoms with Gasteiger partial charge in [0.05, 0.1) is 24.3 Å². The van der Waals surface area contributed by atoms with Gasteiger partial charge in [-0.15, -0.1) is 0 Å². The molecule has 4 N–H and O–H groups in total. The first-order valence-electron chi connectivity index (χ1n) is 12.3. The summed E-state index contributed by atoms with van der Waals surface area (Å²) in [5.41, 5.74) is 9.52. The number of hydrogen-bond acceptors (Lipinski definition) is 8. The molecule has 232 valence electrons. The molecule has 0 spiro atoms. The van der Waals surface area contributed by atoms with Crippen molar-refractivity contribution >= 4 is 23.8 Å². The lowest BCUT2D eigenvalue weighted by Crippen LogP contribution is -2.46. The monoisotopic (exact) mass is 608 g/mol. The van der Waals surface area contributed by atoms with Crippen LogP contribution in [-0.2, 0) is 19.1 Å². The molecule has 2 rings (SSSR count). The third kappa shape index (κ3) is 12.1. The number of halogens is 6. The summed E-state index contributed by atoms with van der Waals surface area (Å²) in [6.45, 7) is 7.00. The summed E-state index contributed by atoms with van der Waals surface area (Å²) in [5.74, 6) is -5.10. The first-order chi connectivity index (χ1) is 19.5. The summed E-state index contributed by atoms with van der Waals surface area (Å²) < 4.78 is 81.7. The highest BCUT2D eigenvalue weighted by Gasteiger charge is 2.39. The van der Waals surface area contributed by atoms with E-state index in [1.165, 1.54) is 24.3 Å². The molecule has 0 aliphatic rings. The summed E-state index contributed by atoms with van der Waals surface area (Å²) in [6, 6.07) is 11.1. The molecule has 42 heavy (non-hydrogen) atoms. The normalized spacial score (nSPS) is 12.6. The van der Waals surface area contributed by atoms with Gasteiger partial charge < -0.3 is 9.47 Å². The van der Waals surface area contributed by atoms with Crippen LogP contribution in [0.15, 0.2) is 48.5 Å². The van der Waals surface area contributed by atoms with E-state index >= 15 is 0 Å². The molecule has 2 amide bonds. The Kier molecular flexibility index (Phi) is 13.9. The third-order valence-electron chi connectivity index (χ3n) is 5.16. The van der Waals surface area contributed by atoms with Crippen molar-refractivity contribution in [2.75, 3.05) is 13.2 Å². The Morgan fingerprint density at radius 2 is 0.905 bits per heavy atom. The van der Waals surface area contributed by atoms with Gasteiger partial charge in [-0.05, 0) is 63.1 Å². The summed E-state index contributed by atoms with van der Waals surface area (Å²) >= 11 is 0. The molecule has 0 radical (unpaired) electrons. The van der Waals surface area contributed by atoms with Crippen LogP contribution < -0.4 is 21.7 Å². The van der Waals surface area contributed by atoms with Gasteiger partial charge >= 0.3 is 36.1 Å². The zero-order chi connectivity index (χ0) is 32.1. The molecule has 0 aliphatic carbocycles. The highest BCUT2D eigenvalue weighted by atomic mass is 19.4. The number of benzene rings is 2. The van der Waals surface area contributed by atoms with Gasteiger partial charge in [0.1, 0.15) is 0 Å². The van der Waals surface area contributed by atoms with Crippen molar-refractivity contribution in [3.05, 3.63) is 70.8 Å². The predicted molar refractivity (Wildman–Crippen MR) is 136 cm³/mol. The molecule has 0 unspecified atom stereocenters. The Morgan fingerprint density at radius 3 is 1.14 bits per heavy atom. The van der Waals surface area contributed by atoms with Gasteiger partial charge in [-0.1, -0.05) is 24.3 Å². The molecule has 0 aliphatic heterocycles. The average molecular weight is 609 g/mol. The topological polar surface area (TPSA) is 135 Å². The molecule has 2 aromatic rings. The largest absolute Gasteiger partial charge is 0.472 e. The fraction of sp³-hybridized carbons (Fsp3) is 0.385. The molecule has 10 nitrogen and oxygen atoms in total. The van der Waals surface area contributed by atoms with E-state index < -0.39 is 48.2 Å². The van der Waals surface area contributed by atoms with Gasteiger partial charge in [0.25, 0.3) is 0 Å². The van der Waals surface area contributed by atoms with E-state index in [9.17, 15) is 45.5 Å². The molecule has 2 atom stereocenters. The summed E-state index contributed by atoms with van der Waals surface area (Å²) in [5, 5.41) is 0. The third-order valence-corrected chi connectivity index (χ3v) is 5.16. The highest BCUT2D eigenvalue weighted by molar-refractivity contribution is 5.90. The maximum atomic E-state index is 12.0. The Morgan fingerprint density at radius 1 is 0.619 bits per heavy atom. The van der Waals surface area contributed by atoms with Gasteiger partial charge in [0.2, 0.25) is 0 Å². The number of ether oxygens (including phenoxy) is 2. The van der Waals surface area contributed by atoms with E-state index in [0.717, 1.165) is 0 Å². The molecular weight excluding hydrogens is 578 g/mol. The van der Waals surface area contributed by atoms with E-state index in [4.69, 9.17) is 9.47 Å². The predicted octanol–water partition coefficient (Wildman–Crippen LogP) is 4.21. The lowest BCUT2D eigenvalue weighted by atomic mass is 10.1. The van der Waals surface area contributed by atoms with Crippen LogP contribution in [0.4, 0.5) is 26.3 Å². The van der Waals surface area contributed by atoms with Crippen LogP contribution in [0.3, 0.4) is 0 Å². The van der Waals surface area contributed by atoms with Gasteiger partial charge in [-0.25, -0.2) is 20.4 Å². The van der Waals surface area contributed by atoms with E-state index in [1.54, 1.807) is 62.8 Å². The smallest absolute Gasteiger partial charge is 0.462 e. The number of hydrazine groups is 2. The highest BCUT2D eigenvalue weighted by Crippen LogP contribution is 2.17. The number of carbonyl (C=O) groups is 4. The lowest BCUT2D eigenvalue weighted by molar-refractivity contribution is -0.175. The standard InChI is InChI=1S/2C13H15F3N2O3/c2*1-3-21-11(19)10-6-4-9(5-7-10)8(2)17-18-12(20)13(14,15)16/h2*4-8,17H,3H2,1-2H3,(H,18,20)/t2*8-/m10/s1. The first kappa shape index (κ1) is 35.8. The molecular formula is C26H30F6N4O6. The van der Waals surface area contributed by atoms with Crippen molar-refractivity contribution in [1.82, 2.24) is 21.7 Å². The molecule has 2 aromatic carbocycles. The molecule has 0 fully saturated rings. The molecule has 16 heteroatoms. The molecule has 0 saturated heterocycles. The second kappa shape index (κ2) is 16.3. The molecule has 0 aromatic heterocycles. The summed E-state index contributed by atoms with van der Waals surface area (Å²) in [7, 11) is 0. The number of amides is 2. The summed E-state index contributed by atoms with van der Waals surface area (Å²) in [6.07, 6.45) is -9.89. The van der Waals surface area contributed by atoms with Crippen LogP contribution in [-0.4, -0.2) is 49.3 Å². The van der Waals surface area contributed by atoms with Crippen LogP contribution in [0.25, 0.3) is 0 Å². The number of rotatable bonds is 10.